The minimum absolute atomic E-state index is 0.208. The van der Waals surface area contributed by atoms with Crippen LogP contribution in [0.25, 0.3) is 0 Å². The zero-order valence-electron chi connectivity index (χ0n) is 22.6. The monoisotopic (exact) mass is 558 g/mol. The molecule has 4 aromatic rings. The molecule has 0 saturated heterocycles. The average Bonchev–Trinajstić information content (AvgIpc) is 3.00. The highest BCUT2D eigenvalue weighted by Crippen LogP contribution is 2.38. The van der Waals surface area contributed by atoms with Crippen molar-refractivity contribution in [2.75, 3.05) is 39.1 Å². The van der Waals surface area contributed by atoms with Crippen molar-refractivity contribution in [3.05, 3.63) is 102 Å². The lowest BCUT2D eigenvalue weighted by Gasteiger charge is -2.19. The van der Waals surface area contributed by atoms with Gasteiger partial charge in [0.05, 0.1) is 34.1 Å². The lowest BCUT2D eigenvalue weighted by Crippen LogP contribution is -2.19. The Kier molecular flexibility index (Phi) is 9.53. The van der Waals surface area contributed by atoms with Gasteiger partial charge in [-0.1, -0.05) is 36.4 Å². The SMILES string of the molecule is COc1ccc(NC(=O)C(Sc2ccc(NC(=O)c3c(OC)cccc3OC)cc2)c2ccccc2)c(OC)c1. The van der Waals surface area contributed by atoms with Gasteiger partial charge in [-0.3, -0.25) is 9.59 Å². The van der Waals surface area contributed by atoms with E-state index in [2.05, 4.69) is 10.6 Å². The average molecular weight is 559 g/mol. The molecular formula is C31H30N2O6S. The van der Waals surface area contributed by atoms with Crippen molar-refractivity contribution in [3.63, 3.8) is 0 Å². The van der Waals surface area contributed by atoms with E-state index in [0.717, 1.165) is 10.5 Å². The first-order valence-corrected chi connectivity index (χ1v) is 13.2. The molecule has 1 unspecified atom stereocenters. The molecule has 0 aliphatic carbocycles. The van der Waals surface area contributed by atoms with Crippen LogP contribution in [0.1, 0.15) is 21.2 Å². The summed E-state index contributed by atoms with van der Waals surface area (Å²) in [5.41, 5.74) is 2.28. The standard InChI is InChI=1S/C31H30N2O6S/c1-36-22-15-18-24(27(19-22)39-4)33-31(35)29(20-9-6-5-7-10-20)40-23-16-13-21(14-17-23)32-30(34)28-25(37-2)11-8-12-26(28)38-3/h5-19,29H,1-4H3,(H,32,34)(H,33,35). The summed E-state index contributed by atoms with van der Waals surface area (Å²) in [4.78, 5) is 27.4. The van der Waals surface area contributed by atoms with Crippen molar-refractivity contribution in [2.24, 2.45) is 0 Å². The molecule has 4 rings (SSSR count). The van der Waals surface area contributed by atoms with Crippen LogP contribution in [0.15, 0.2) is 95.9 Å². The van der Waals surface area contributed by atoms with Gasteiger partial charge in [-0.15, -0.1) is 11.8 Å². The van der Waals surface area contributed by atoms with E-state index >= 15 is 0 Å². The summed E-state index contributed by atoms with van der Waals surface area (Å²) in [6, 6.07) is 27.2. The fourth-order valence-electron chi connectivity index (χ4n) is 4.02. The number of benzene rings is 4. The van der Waals surface area contributed by atoms with Gasteiger partial charge in [-0.2, -0.15) is 0 Å². The summed E-state index contributed by atoms with van der Waals surface area (Å²) in [5, 5.41) is 5.32. The van der Waals surface area contributed by atoms with E-state index < -0.39 is 5.25 Å². The highest BCUT2D eigenvalue weighted by atomic mass is 32.2. The molecule has 1 atom stereocenters. The molecule has 8 nitrogen and oxygen atoms in total. The molecule has 0 bridgehead atoms. The van der Waals surface area contributed by atoms with Crippen LogP contribution in [0, 0.1) is 0 Å². The fourth-order valence-corrected chi connectivity index (χ4v) is 5.05. The number of methoxy groups -OCH3 is 4. The molecule has 0 fully saturated rings. The maximum Gasteiger partial charge on any atom is 0.263 e. The molecule has 0 heterocycles. The summed E-state index contributed by atoms with van der Waals surface area (Å²) < 4.78 is 21.4. The summed E-state index contributed by atoms with van der Waals surface area (Å²) in [7, 11) is 6.11. The third kappa shape index (κ3) is 6.68. The van der Waals surface area contributed by atoms with E-state index in [4.69, 9.17) is 18.9 Å². The van der Waals surface area contributed by atoms with Gasteiger partial charge in [0, 0.05) is 16.6 Å². The van der Waals surface area contributed by atoms with Crippen molar-refractivity contribution >= 4 is 35.0 Å². The largest absolute Gasteiger partial charge is 0.497 e. The summed E-state index contributed by atoms with van der Waals surface area (Å²) in [6.07, 6.45) is 0. The number of carbonyl (C=O) groups is 2. The molecular weight excluding hydrogens is 528 g/mol. The molecule has 2 amide bonds. The van der Waals surface area contributed by atoms with Crippen molar-refractivity contribution in [2.45, 2.75) is 10.1 Å². The van der Waals surface area contributed by atoms with E-state index in [1.54, 1.807) is 55.6 Å². The van der Waals surface area contributed by atoms with Crippen LogP contribution in [0.4, 0.5) is 11.4 Å². The maximum atomic E-state index is 13.5. The smallest absolute Gasteiger partial charge is 0.263 e. The summed E-state index contributed by atoms with van der Waals surface area (Å²) in [6.45, 7) is 0. The zero-order valence-corrected chi connectivity index (χ0v) is 23.4. The Balaban J connectivity index is 1.53. The first kappa shape index (κ1) is 28.4. The van der Waals surface area contributed by atoms with Crippen molar-refractivity contribution in [1.82, 2.24) is 0 Å². The van der Waals surface area contributed by atoms with E-state index in [0.29, 0.717) is 39.9 Å². The molecule has 0 aromatic heterocycles. The number of amides is 2. The predicted octanol–water partition coefficient (Wildman–Crippen LogP) is 6.45. The topological polar surface area (TPSA) is 95.1 Å². The fraction of sp³-hybridized carbons (Fsp3) is 0.161. The molecule has 206 valence electrons. The van der Waals surface area contributed by atoms with Gasteiger partial charge in [0.25, 0.3) is 5.91 Å². The van der Waals surface area contributed by atoms with E-state index in [1.165, 1.54) is 33.1 Å². The van der Waals surface area contributed by atoms with Gasteiger partial charge in [-0.05, 0) is 54.1 Å². The Morgan fingerprint density at radius 1 is 0.675 bits per heavy atom. The Morgan fingerprint density at radius 3 is 1.93 bits per heavy atom. The minimum atomic E-state index is -0.550. The molecule has 40 heavy (non-hydrogen) atoms. The molecule has 0 aliphatic heterocycles. The molecule has 9 heteroatoms. The van der Waals surface area contributed by atoms with Gasteiger partial charge in [0.15, 0.2) is 0 Å². The van der Waals surface area contributed by atoms with E-state index in [1.807, 2.05) is 42.5 Å². The Morgan fingerprint density at radius 2 is 1.32 bits per heavy atom. The Labute approximate surface area is 237 Å². The normalized spacial score (nSPS) is 11.2. The van der Waals surface area contributed by atoms with Crippen LogP contribution in [0.2, 0.25) is 0 Å². The number of nitrogens with one attached hydrogen (secondary N) is 2. The second-order valence-electron chi connectivity index (χ2n) is 8.48. The number of anilines is 2. The molecule has 0 aliphatic rings. The minimum Gasteiger partial charge on any atom is -0.497 e. The van der Waals surface area contributed by atoms with E-state index in [-0.39, 0.29) is 11.8 Å². The first-order valence-electron chi connectivity index (χ1n) is 12.3. The van der Waals surface area contributed by atoms with Gasteiger partial charge < -0.3 is 29.6 Å². The maximum absolute atomic E-state index is 13.5. The molecule has 0 spiro atoms. The second-order valence-corrected chi connectivity index (χ2v) is 9.66. The van der Waals surface area contributed by atoms with Crippen LogP contribution >= 0.6 is 11.8 Å². The van der Waals surface area contributed by atoms with Crippen LogP contribution in [0.5, 0.6) is 23.0 Å². The predicted molar refractivity (Wildman–Crippen MR) is 157 cm³/mol. The van der Waals surface area contributed by atoms with Gasteiger partial charge >= 0.3 is 0 Å². The first-order chi connectivity index (χ1) is 19.5. The highest BCUT2D eigenvalue weighted by Gasteiger charge is 2.24. The number of rotatable bonds is 11. The van der Waals surface area contributed by atoms with Crippen molar-refractivity contribution < 1.29 is 28.5 Å². The van der Waals surface area contributed by atoms with Gasteiger partial charge in [0.2, 0.25) is 5.91 Å². The van der Waals surface area contributed by atoms with Crippen molar-refractivity contribution in [3.8, 4) is 23.0 Å². The quantitative estimate of drug-likeness (QED) is 0.204. The number of hydrogen-bond acceptors (Lipinski definition) is 7. The van der Waals surface area contributed by atoms with E-state index in [9.17, 15) is 9.59 Å². The second kappa shape index (κ2) is 13.4. The third-order valence-corrected chi connectivity index (χ3v) is 7.29. The highest BCUT2D eigenvalue weighted by molar-refractivity contribution is 8.00. The van der Waals surface area contributed by atoms with Crippen LogP contribution in [-0.2, 0) is 4.79 Å². The Bertz CT molecular complexity index is 1440. The summed E-state index contributed by atoms with van der Waals surface area (Å²) in [5.74, 6) is 1.38. The lowest BCUT2D eigenvalue weighted by atomic mass is 10.1. The zero-order chi connectivity index (χ0) is 28.5. The van der Waals surface area contributed by atoms with Crippen LogP contribution in [-0.4, -0.2) is 40.3 Å². The van der Waals surface area contributed by atoms with Gasteiger partial charge in [0.1, 0.15) is 33.8 Å². The van der Waals surface area contributed by atoms with Crippen LogP contribution < -0.4 is 29.6 Å². The lowest BCUT2D eigenvalue weighted by molar-refractivity contribution is -0.115. The summed E-state index contributed by atoms with van der Waals surface area (Å²) >= 11 is 1.40. The molecule has 0 saturated carbocycles. The van der Waals surface area contributed by atoms with Crippen molar-refractivity contribution in [1.29, 1.82) is 0 Å². The third-order valence-electron chi connectivity index (χ3n) is 6.03. The molecule has 2 N–H and O–H groups in total. The number of thioether (sulfide) groups is 1. The molecule has 0 radical (unpaired) electrons. The van der Waals surface area contributed by atoms with Crippen LogP contribution in [0.3, 0.4) is 0 Å². The number of hydrogen-bond donors (Lipinski definition) is 2. The Hall–Kier alpha value is -4.63. The molecule has 4 aromatic carbocycles. The number of carbonyl (C=O) groups excluding carboxylic acids is 2. The van der Waals surface area contributed by atoms with Gasteiger partial charge in [-0.25, -0.2) is 0 Å². The number of ether oxygens (including phenoxy) is 4.